The van der Waals surface area contributed by atoms with Gasteiger partial charge in [-0.1, -0.05) is 12.1 Å². The third-order valence-corrected chi connectivity index (χ3v) is 2.93. The van der Waals surface area contributed by atoms with Crippen LogP contribution in [0.15, 0.2) is 24.3 Å². The van der Waals surface area contributed by atoms with Crippen LogP contribution in [-0.4, -0.2) is 26.1 Å². The van der Waals surface area contributed by atoms with Gasteiger partial charge in [0.15, 0.2) is 0 Å². The Labute approximate surface area is 105 Å². The second kappa shape index (κ2) is 6.36. The number of carbonyl (C=O) groups excluding carboxylic acids is 1. The fraction of sp³-hybridized carbons (Fsp3) is 0.364. The lowest BCUT2D eigenvalue weighted by atomic mass is 10.1. The second-order valence-electron chi connectivity index (χ2n) is 3.44. The van der Waals surface area contributed by atoms with Crippen LogP contribution in [0.1, 0.15) is 18.9 Å². The molecule has 0 bridgehead atoms. The van der Waals surface area contributed by atoms with Gasteiger partial charge >= 0.3 is 16.4 Å². The summed E-state index contributed by atoms with van der Waals surface area (Å²) >= 11 is 0. The number of aromatic hydroxyl groups is 1. The molecule has 1 aromatic rings. The Balaban J connectivity index is 2.44. The van der Waals surface area contributed by atoms with Crippen molar-refractivity contribution in [1.82, 2.24) is 0 Å². The predicted octanol–water partition coefficient (Wildman–Crippen LogP) is 1.15. The maximum atomic E-state index is 11.2. The van der Waals surface area contributed by atoms with E-state index in [0.29, 0.717) is 6.42 Å². The maximum Gasteiger partial charge on any atom is 0.451 e. The number of phenols is 1. The van der Waals surface area contributed by atoms with Gasteiger partial charge in [0.2, 0.25) is 0 Å². The molecule has 0 amide bonds. The van der Waals surface area contributed by atoms with Crippen molar-refractivity contribution in [3.8, 4) is 5.75 Å². The zero-order valence-electron chi connectivity index (χ0n) is 9.83. The Hall–Kier alpha value is -1.60. The van der Waals surface area contributed by atoms with Crippen molar-refractivity contribution in [2.75, 3.05) is 6.61 Å². The summed E-state index contributed by atoms with van der Waals surface area (Å²) in [6, 6.07) is 6.24. The molecule has 0 aliphatic heterocycles. The second-order valence-corrected chi connectivity index (χ2v) is 4.66. The highest BCUT2D eigenvalue weighted by Gasteiger charge is 2.16. The molecule has 100 valence electrons. The Kier molecular flexibility index (Phi) is 5.11. The van der Waals surface area contributed by atoms with Crippen LogP contribution in [0.3, 0.4) is 0 Å². The molecule has 0 radical (unpaired) electrons. The number of aryl methyl sites for hydroxylation is 1. The van der Waals surface area contributed by atoms with Crippen molar-refractivity contribution >= 4 is 16.4 Å². The molecule has 0 fully saturated rings. The number of carbonyl (C=O) groups is 1. The van der Waals surface area contributed by atoms with Gasteiger partial charge in [-0.05, 0) is 31.0 Å². The first-order valence-electron chi connectivity index (χ1n) is 5.32. The monoisotopic (exact) mass is 274 g/mol. The zero-order chi connectivity index (χ0) is 13.6. The van der Waals surface area contributed by atoms with E-state index in [1.54, 1.807) is 12.1 Å². The van der Waals surface area contributed by atoms with E-state index >= 15 is 0 Å². The molecule has 0 aliphatic carbocycles. The van der Waals surface area contributed by atoms with Gasteiger partial charge in [0.05, 0.1) is 13.0 Å². The first kappa shape index (κ1) is 14.5. The fourth-order valence-corrected chi connectivity index (χ4v) is 1.88. The highest BCUT2D eigenvalue weighted by molar-refractivity contribution is 7.82. The molecule has 18 heavy (non-hydrogen) atoms. The third kappa shape index (κ3) is 5.15. The number of phenolic OH excluding ortho intramolecular Hbond substituents is 1. The normalized spacial score (nSPS) is 11.2. The molecule has 6 nitrogen and oxygen atoms in total. The van der Waals surface area contributed by atoms with Crippen LogP contribution in [0.2, 0.25) is 0 Å². The first-order valence-corrected chi connectivity index (χ1v) is 6.66. The van der Waals surface area contributed by atoms with E-state index in [1.165, 1.54) is 19.1 Å². The summed E-state index contributed by atoms with van der Waals surface area (Å²) in [6.07, 6.45) is 0.234. The Morgan fingerprint density at radius 2 is 1.89 bits per heavy atom. The molecule has 0 aliphatic rings. The fourth-order valence-electron chi connectivity index (χ4n) is 1.23. The first-order chi connectivity index (χ1) is 8.43. The average Bonchev–Trinajstić information content (AvgIpc) is 2.27. The molecule has 0 atom stereocenters. The van der Waals surface area contributed by atoms with E-state index in [1.807, 2.05) is 0 Å². The van der Waals surface area contributed by atoms with Crippen LogP contribution in [-0.2, 0) is 30.0 Å². The Bertz CT molecular complexity index is 491. The summed E-state index contributed by atoms with van der Waals surface area (Å²) in [5, 5.41) is 9.06. The molecule has 0 saturated heterocycles. The van der Waals surface area contributed by atoms with Crippen LogP contribution >= 0.6 is 0 Å². The van der Waals surface area contributed by atoms with E-state index in [2.05, 4.69) is 8.37 Å². The molecular formula is C11H14O6S. The minimum Gasteiger partial charge on any atom is -0.508 e. The summed E-state index contributed by atoms with van der Waals surface area (Å²) in [7, 11) is -4.23. The smallest absolute Gasteiger partial charge is 0.451 e. The van der Waals surface area contributed by atoms with Crippen molar-refractivity contribution in [1.29, 1.82) is 0 Å². The molecule has 1 aromatic carbocycles. The van der Waals surface area contributed by atoms with Crippen LogP contribution in [0.25, 0.3) is 0 Å². The summed E-state index contributed by atoms with van der Waals surface area (Å²) in [4.78, 5) is 11.2. The van der Waals surface area contributed by atoms with Gasteiger partial charge in [-0.3, -0.25) is 4.79 Å². The van der Waals surface area contributed by atoms with E-state index in [0.717, 1.165) is 5.56 Å². The van der Waals surface area contributed by atoms with Gasteiger partial charge in [-0.15, -0.1) is 0 Å². The van der Waals surface area contributed by atoms with Crippen molar-refractivity contribution in [2.45, 2.75) is 19.8 Å². The molecule has 0 unspecified atom stereocenters. The number of rotatable bonds is 6. The lowest BCUT2D eigenvalue weighted by molar-refractivity contribution is -0.134. The summed E-state index contributed by atoms with van der Waals surface area (Å²) in [5.41, 5.74) is 0.790. The SMILES string of the molecule is CCOS(=O)(=O)OC(=O)CCc1ccc(O)cc1. The standard InChI is InChI=1S/C11H14O6S/c1-2-16-18(14,15)17-11(13)8-5-9-3-6-10(12)7-4-9/h3-4,6-7,12H,2,5,8H2,1H3. The molecule has 0 saturated carbocycles. The maximum absolute atomic E-state index is 11.2. The largest absolute Gasteiger partial charge is 0.508 e. The van der Waals surface area contributed by atoms with Gasteiger partial charge in [0.1, 0.15) is 5.75 Å². The van der Waals surface area contributed by atoms with Gasteiger partial charge in [-0.25, -0.2) is 4.18 Å². The zero-order valence-corrected chi connectivity index (χ0v) is 10.6. The van der Waals surface area contributed by atoms with E-state index in [9.17, 15) is 13.2 Å². The number of benzene rings is 1. The van der Waals surface area contributed by atoms with Gasteiger partial charge < -0.3 is 9.29 Å². The van der Waals surface area contributed by atoms with Crippen molar-refractivity contribution < 1.29 is 26.7 Å². The van der Waals surface area contributed by atoms with E-state index in [4.69, 9.17) is 5.11 Å². The average molecular weight is 274 g/mol. The summed E-state index contributed by atoms with van der Waals surface area (Å²) < 4.78 is 30.4. The molecule has 1 rings (SSSR count). The van der Waals surface area contributed by atoms with Crippen LogP contribution < -0.4 is 0 Å². The lowest BCUT2D eigenvalue weighted by Crippen LogP contribution is -2.16. The van der Waals surface area contributed by atoms with Gasteiger partial charge in [0.25, 0.3) is 0 Å². The molecule has 1 N–H and O–H groups in total. The topological polar surface area (TPSA) is 89.9 Å². The molecule has 0 aromatic heterocycles. The van der Waals surface area contributed by atoms with Crippen molar-refractivity contribution in [2.24, 2.45) is 0 Å². The molecule has 7 heteroatoms. The van der Waals surface area contributed by atoms with Crippen molar-refractivity contribution in [3.63, 3.8) is 0 Å². The summed E-state index contributed by atoms with van der Waals surface area (Å²) in [5.74, 6) is -0.753. The van der Waals surface area contributed by atoms with Gasteiger partial charge in [0, 0.05) is 0 Å². The van der Waals surface area contributed by atoms with E-state index < -0.39 is 16.4 Å². The molecular weight excluding hydrogens is 260 g/mol. The predicted molar refractivity (Wildman–Crippen MR) is 63.1 cm³/mol. The Morgan fingerprint density at radius 3 is 2.44 bits per heavy atom. The van der Waals surface area contributed by atoms with Crippen LogP contribution in [0.4, 0.5) is 0 Å². The quantitative estimate of drug-likeness (QED) is 0.836. The number of hydrogen-bond acceptors (Lipinski definition) is 6. The summed E-state index contributed by atoms with van der Waals surface area (Å²) in [6.45, 7) is 1.38. The van der Waals surface area contributed by atoms with Crippen LogP contribution in [0.5, 0.6) is 5.75 Å². The third-order valence-electron chi connectivity index (χ3n) is 2.01. The minimum absolute atomic E-state index is 0.0862. The highest BCUT2D eigenvalue weighted by Crippen LogP contribution is 2.11. The van der Waals surface area contributed by atoms with E-state index in [-0.39, 0.29) is 18.8 Å². The van der Waals surface area contributed by atoms with Crippen LogP contribution in [0, 0.1) is 0 Å². The minimum atomic E-state index is -4.23. The number of hydrogen-bond donors (Lipinski definition) is 1. The van der Waals surface area contributed by atoms with Gasteiger partial charge in [-0.2, -0.15) is 8.42 Å². The highest BCUT2D eigenvalue weighted by atomic mass is 32.3. The van der Waals surface area contributed by atoms with Crippen molar-refractivity contribution in [3.05, 3.63) is 29.8 Å². The molecule has 0 spiro atoms. The Morgan fingerprint density at radius 1 is 1.28 bits per heavy atom. The molecule has 0 heterocycles. The lowest BCUT2D eigenvalue weighted by Gasteiger charge is -2.04.